The average molecular weight is 685 g/mol. The van der Waals surface area contributed by atoms with Crippen LogP contribution < -0.4 is 15.4 Å². The minimum Gasteiger partial charge on any atom is -0.490 e. The smallest absolute Gasteiger partial charge is 0.416 e. The van der Waals surface area contributed by atoms with Crippen LogP contribution in [0, 0.1) is 5.92 Å². The summed E-state index contributed by atoms with van der Waals surface area (Å²) in [4.78, 5) is 31.0. The van der Waals surface area contributed by atoms with Crippen LogP contribution in [0.15, 0.2) is 72.8 Å². The number of carbonyl (C=O) groups is 2. The van der Waals surface area contributed by atoms with Crippen molar-refractivity contribution >= 4 is 23.3 Å². The van der Waals surface area contributed by atoms with Crippen molar-refractivity contribution in [2.24, 2.45) is 5.92 Å². The molecule has 3 aromatic rings. The van der Waals surface area contributed by atoms with Crippen LogP contribution >= 0.6 is 0 Å². The summed E-state index contributed by atoms with van der Waals surface area (Å²) >= 11 is 0. The maximum Gasteiger partial charge on any atom is 0.416 e. The lowest BCUT2D eigenvalue weighted by molar-refractivity contribution is -0.137. The second-order valence-corrected chi connectivity index (χ2v) is 12.8. The number of nitrogens with zero attached hydrogens (tertiary/aromatic N) is 2. The first-order valence-electron chi connectivity index (χ1n) is 16.7. The first kappa shape index (κ1) is 37.7. The summed E-state index contributed by atoms with van der Waals surface area (Å²) in [6.07, 6.45) is -2.45. The van der Waals surface area contributed by atoms with Gasteiger partial charge in [-0.25, -0.2) is 4.79 Å². The summed E-state index contributed by atoms with van der Waals surface area (Å²) in [6.45, 7) is 7.74. The molecule has 12 heteroatoms. The van der Waals surface area contributed by atoms with E-state index in [2.05, 4.69) is 27.7 Å². The molecule has 4 rings (SSSR count). The van der Waals surface area contributed by atoms with Gasteiger partial charge in [0.15, 0.2) is 0 Å². The molecule has 0 radical (unpaired) electrons. The van der Waals surface area contributed by atoms with E-state index in [-0.39, 0.29) is 47.6 Å². The Hall–Kier alpha value is -4.13. The molecule has 3 amide bonds. The van der Waals surface area contributed by atoms with Gasteiger partial charge in [-0.1, -0.05) is 37.3 Å². The molecule has 9 nitrogen and oxygen atoms in total. The van der Waals surface area contributed by atoms with Gasteiger partial charge in [0, 0.05) is 43.5 Å². The van der Waals surface area contributed by atoms with E-state index >= 15 is 0 Å². The topological polar surface area (TPSA) is 103 Å². The average Bonchev–Trinajstić information content (AvgIpc) is 3.06. The van der Waals surface area contributed by atoms with Gasteiger partial charge in [-0.3, -0.25) is 9.69 Å². The number of amides is 3. The van der Waals surface area contributed by atoms with E-state index in [1.54, 1.807) is 24.0 Å². The van der Waals surface area contributed by atoms with Crippen molar-refractivity contribution in [2.75, 3.05) is 44.0 Å². The molecule has 49 heavy (non-hydrogen) atoms. The molecule has 0 aromatic heterocycles. The number of likely N-dealkylation sites (N-methyl/N-ethyl adjacent to an activating group) is 1. The minimum absolute atomic E-state index is 0.0989. The highest BCUT2D eigenvalue weighted by atomic mass is 19.4. The van der Waals surface area contributed by atoms with Crippen LogP contribution in [-0.4, -0.2) is 78.4 Å². The van der Waals surface area contributed by atoms with E-state index in [4.69, 9.17) is 9.47 Å². The summed E-state index contributed by atoms with van der Waals surface area (Å²) in [5.41, 5.74) is 1.02. The molecule has 0 saturated heterocycles. The number of rotatable bonds is 8. The van der Waals surface area contributed by atoms with Crippen LogP contribution in [0.5, 0.6) is 5.75 Å². The van der Waals surface area contributed by atoms with E-state index in [1.165, 1.54) is 11.6 Å². The number of hydrogen-bond acceptors (Lipinski definition) is 6. The molecule has 0 saturated carbocycles. The SMILES string of the molecule is C[C@H]1CCCCO[C@H](CN(C)Cc2ccccc2)[C@@H](C)CN([C@@H](C)CO)C(=O)c2cc(NC(=O)Nc3ccc(C(F)(F)F)cc3)ccc2O1. The quantitative estimate of drug-likeness (QED) is 0.231. The molecule has 0 unspecified atom stereocenters. The van der Waals surface area contributed by atoms with Gasteiger partial charge in [0.25, 0.3) is 5.91 Å². The Morgan fingerprint density at radius 1 is 1.02 bits per heavy atom. The monoisotopic (exact) mass is 684 g/mol. The van der Waals surface area contributed by atoms with Gasteiger partial charge in [0.2, 0.25) is 0 Å². The Labute approximate surface area is 286 Å². The highest BCUT2D eigenvalue weighted by Gasteiger charge is 2.31. The predicted molar refractivity (Wildman–Crippen MR) is 184 cm³/mol. The van der Waals surface area contributed by atoms with E-state index in [0.29, 0.717) is 25.4 Å². The van der Waals surface area contributed by atoms with Gasteiger partial charge in [0.1, 0.15) is 5.75 Å². The van der Waals surface area contributed by atoms with Gasteiger partial charge in [-0.05, 0) is 88.2 Å². The fourth-order valence-electron chi connectivity index (χ4n) is 5.77. The zero-order valence-corrected chi connectivity index (χ0v) is 28.5. The highest BCUT2D eigenvalue weighted by Crippen LogP contribution is 2.31. The Kier molecular flexibility index (Phi) is 13.5. The largest absolute Gasteiger partial charge is 0.490 e. The third-order valence-corrected chi connectivity index (χ3v) is 8.57. The number of halogens is 3. The van der Waals surface area contributed by atoms with Crippen molar-refractivity contribution in [1.29, 1.82) is 0 Å². The molecule has 4 atom stereocenters. The second-order valence-electron chi connectivity index (χ2n) is 12.8. The number of carbonyl (C=O) groups excluding carboxylic acids is 2. The molecule has 3 N–H and O–H groups in total. The molecule has 1 aliphatic heterocycles. The van der Waals surface area contributed by atoms with Crippen molar-refractivity contribution in [2.45, 2.75) is 71.0 Å². The number of ether oxygens (including phenoxy) is 2. The number of nitrogens with one attached hydrogen (secondary N) is 2. The molecule has 266 valence electrons. The number of hydrogen-bond donors (Lipinski definition) is 3. The lowest BCUT2D eigenvalue weighted by Gasteiger charge is -2.36. The van der Waals surface area contributed by atoms with Gasteiger partial charge in [-0.2, -0.15) is 13.2 Å². The first-order chi connectivity index (χ1) is 23.3. The van der Waals surface area contributed by atoms with Gasteiger partial charge in [0.05, 0.1) is 36.0 Å². The third-order valence-electron chi connectivity index (χ3n) is 8.57. The molecule has 0 bridgehead atoms. The lowest BCUT2D eigenvalue weighted by Crippen LogP contribution is -2.47. The van der Waals surface area contributed by atoms with E-state index in [0.717, 1.165) is 50.1 Å². The van der Waals surface area contributed by atoms with Crippen molar-refractivity contribution in [3.05, 3.63) is 89.5 Å². The number of aliphatic hydroxyl groups is 1. The summed E-state index contributed by atoms with van der Waals surface area (Å²) in [5.74, 6) is -0.129. The molecule has 0 aliphatic carbocycles. The van der Waals surface area contributed by atoms with Crippen molar-refractivity contribution < 1.29 is 37.3 Å². The number of anilines is 2. The highest BCUT2D eigenvalue weighted by molar-refractivity contribution is 6.02. The van der Waals surface area contributed by atoms with E-state index < -0.39 is 23.8 Å². The van der Waals surface area contributed by atoms with Crippen LogP contribution in [0.2, 0.25) is 0 Å². The molecule has 1 aliphatic rings. The van der Waals surface area contributed by atoms with Crippen LogP contribution in [0.1, 0.15) is 61.5 Å². The Bertz CT molecular complexity index is 1510. The molecule has 0 fully saturated rings. The lowest BCUT2D eigenvalue weighted by atomic mass is 10.0. The number of urea groups is 1. The third kappa shape index (κ3) is 11.2. The van der Waals surface area contributed by atoms with Crippen LogP contribution in [-0.2, 0) is 17.5 Å². The fourth-order valence-corrected chi connectivity index (χ4v) is 5.77. The maximum absolute atomic E-state index is 14.3. The van der Waals surface area contributed by atoms with E-state index in [9.17, 15) is 27.9 Å². The molecule has 0 spiro atoms. The number of alkyl halides is 3. The Morgan fingerprint density at radius 3 is 2.37 bits per heavy atom. The molecular weight excluding hydrogens is 637 g/mol. The second kappa shape index (κ2) is 17.5. The number of fused-ring (bicyclic) bond motifs is 1. The summed E-state index contributed by atoms with van der Waals surface area (Å²) in [7, 11) is 2.05. The van der Waals surface area contributed by atoms with Crippen molar-refractivity contribution in [3.8, 4) is 5.75 Å². The molecular formula is C37H47F3N4O5. The van der Waals surface area contributed by atoms with Gasteiger partial charge >= 0.3 is 12.2 Å². The molecule has 1 heterocycles. The Balaban J connectivity index is 1.57. The summed E-state index contributed by atoms with van der Waals surface area (Å²) < 4.78 is 51.5. The van der Waals surface area contributed by atoms with Crippen LogP contribution in [0.3, 0.4) is 0 Å². The van der Waals surface area contributed by atoms with E-state index in [1.807, 2.05) is 39.1 Å². The normalized spacial score (nSPS) is 20.1. The van der Waals surface area contributed by atoms with Gasteiger partial charge in [-0.15, -0.1) is 0 Å². The maximum atomic E-state index is 14.3. The molecule has 3 aromatic carbocycles. The minimum atomic E-state index is -4.49. The van der Waals surface area contributed by atoms with Crippen molar-refractivity contribution in [3.63, 3.8) is 0 Å². The zero-order valence-electron chi connectivity index (χ0n) is 28.5. The summed E-state index contributed by atoms with van der Waals surface area (Å²) in [6, 6.07) is 17.8. The van der Waals surface area contributed by atoms with Crippen LogP contribution in [0.25, 0.3) is 0 Å². The standard InChI is InChI=1S/C37H47F3N4O5/c1-25-21-44(26(2)24-45)35(46)32-20-31(42-36(47)41-30-15-13-29(14-16-30)37(38,39)40)17-18-33(32)49-27(3)10-8-9-19-48-34(25)23-43(4)22-28-11-6-5-7-12-28/h5-7,11-18,20,25-27,34,45H,8-10,19,21-24H2,1-4H3,(H2,41,42,47)/t25-,26-,27-,34+/m0/s1. The predicted octanol–water partition coefficient (Wildman–Crippen LogP) is 7.28. The number of aliphatic hydroxyl groups excluding tert-OH is 1. The Morgan fingerprint density at radius 2 is 1.69 bits per heavy atom. The summed E-state index contributed by atoms with van der Waals surface area (Å²) in [5, 5.41) is 15.4. The number of benzene rings is 3. The first-order valence-corrected chi connectivity index (χ1v) is 16.7. The van der Waals surface area contributed by atoms with Crippen LogP contribution in [0.4, 0.5) is 29.3 Å². The van der Waals surface area contributed by atoms with Crippen molar-refractivity contribution in [1.82, 2.24) is 9.80 Å². The zero-order chi connectivity index (χ0) is 35.6. The van der Waals surface area contributed by atoms with Gasteiger partial charge < -0.3 is 30.1 Å². The fraction of sp³-hybridized carbons (Fsp3) is 0.459.